The Morgan fingerprint density at radius 1 is 1.09 bits per heavy atom. The molecule has 4 rings (SSSR count). The average Bonchev–Trinajstić information content (AvgIpc) is 3.37. The Bertz CT molecular complexity index is 1480. The minimum absolute atomic E-state index is 0.0301. The summed E-state index contributed by atoms with van der Waals surface area (Å²) in [5, 5.41) is 0. The zero-order valence-electron chi connectivity index (χ0n) is 17.9. The minimum Gasteiger partial charge on any atom is -0.287 e. The van der Waals surface area contributed by atoms with Crippen LogP contribution in [0.25, 0.3) is 11.1 Å². The van der Waals surface area contributed by atoms with Gasteiger partial charge in [0.1, 0.15) is 11.5 Å². The van der Waals surface area contributed by atoms with Gasteiger partial charge in [0.25, 0.3) is 5.91 Å². The number of benzene rings is 1. The van der Waals surface area contributed by atoms with Gasteiger partial charge in [-0.25, -0.2) is 21.8 Å². The van der Waals surface area contributed by atoms with E-state index in [1.807, 2.05) is 0 Å². The molecule has 0 fully saturated rings. The van der Waals surface area contributed by atoms with Gasteiger partial charge in [0, 0.05) is 35.0 Å². The first-order chi connectivity index (χ1) is 16.0. The van der Waals surface area contributed by atoms with Gasteiger partial charge in [0.2, 0.25) is 10.0 Å². The second kappa shape index (κ2) is 9.49. The molecule has 1 amide bonds. The van der Waals surface area contributed by atoms with E-state index in [9.17, 15) is 21.6 Å². The van der Waals surface area contributed by atoms with Crippen molar-refractivity contribution in [2.45, 2.75) is 11.3 Å². The number of amides is 1. The fourth-order valence-electron chi connectivity index (χ4n) is 3.45. The fraction of sp³-hybridized carbons (Fsp3) is 0.182. The van der Waals surface area contributed by atoms with E-state index in [-0.39, 0.29) is 29.3 Å². The van der Waals surface area contributed by atoms with Crippen molar-refractivity contribution in [1.29, 1.82) is 0 Å². The Kier molecular flexibility index (Phi) is 6.81. The van der Waals surface area contributed by atoms with Crippen LogP contribution in [0.2, 0.25) is 4.34 Å². The van der Waals surface area contributed by atoms with Crippen molar-refractivity contribution in [2.75, 3.05) is 23.5 Å². The molecule has 3 aromatic rings. The average molecular weight is 538 g/mol. The van der Waals surface area contributed by atoms with Crippen LogP contribution in [0.5, 0.6) is 0 Å². The van der Waals surface area contributed by atoms with E-state index in [0.717, 1.165) is 11.1 Å². The molecule has 12 heteroatoms. The molecule has 178 valence electrons. The molecular formula is C22H20ClN3O5S3. The molecule has 0 bridgehead atoms. The van der Waals surface area contributed by atoms with Gasteiger partial charge in [0.05, 0.1) is 15.0 Å². The number of anilines is 1. The number of pyridine rings is 1. The molecule has 1 N–H and O–H groups in total. The van der Waals surface area contributed by atoms with E-state index in [1.54, 1.807) is 42.5 Å². The van der Waals surface area contributed by atoms with Crippen LogP contribution in [0.3, 0.4) is 0 Å². The first kappa shape index (κ1) is 24.4. The van der Waals surface area contributed by atoms with Crippen LogP contribution >= 0.6 is 22.9 Å². The number of rotatable bonds is 8. The number of thiophene rings is 1. The molecule has 0 saturated heterocycles. The van der Waals surface area contributed by atoms with Crippen molar-refractivity contribution in [1.82, 2.24) is 9.71 Å². The van der Waals surface area contributed by atoms with Crippen molar-refractivity contribution in [2.24, 2.45) is 0 Å². The highest BCUT2D eigenvalue weighted by Crippen LogP contribution is 2.28. The van der Waals surface area contributed by atoms with Crippen LogP contribution < -0.4 is 9.62 Å². The molecule has 1 aromatic carbocycles. The third-order valence-corrected chi connectivity index (χ3v) is 8.81. The normalized spacial score (nSPS) is 14.4. The Labute approximate surface area is 206 Å². The maximum absolute atomic E-state index is 12.8. The van der Waals surface area contributed by atoms with E-state index in [1.165, 1.54) is 34.6 Å². The van der Waals surface area contributed by atoms with Gasteiger partial charge in [-0.15, -0.1) is 11.3 Å². The van der Waals surface area contributed by atoms with Gasteiger partial charge in [-0.3, -0.25) is 14.4 Å². The van der Waals surface area contributed by atoms with Crippen LogP contribution in [-0.4, -0.2) is 46.3 Å². The lowest BCUT2D eigenvalue weighted by Crippen LogP contribution is -2.34. The van der Waals surface area contributed by atoms with E-state index in [0.29, 0.717) is 21.3 Å². The molecule has 0 spiro atoms. The highest BCUT2D eigenvalue weighted by atomic mass is 35.5. The number of carbonyl (C=O) groups is 1. The number of sulfone groups is 1. The summed E-state index contributed by atoms with van der Waals surface area (Å²) in [6.45, 7) is 0.156. The maximum atomic E-state index is 12.8. The number of aryl methyl sites for hydroxylation is 1. The van der Waals surface area contributed by atoms with Crippen molar-refractivity contribution < 1.29 is 21.6 Å². The third-order valence-electron chi connectivity index (χ3n) is 5.09. The summed E-state index contributed by atoms with van der Waals surface area (Å²) in [5.41, 5.74) is 1.06. The number of hydrogen-bond donors (Lipinski definition) is 1. The van der Waals surface area contributed by atoms with Gasteiger partial charge in [-0.05, 0) is 42.8 Å². The number of carbonyl (C=O) groups excluding carboxylic acids is 1. The Balaban J connectivity index is 1.45. The first-order valence-electron chi connectivity index (χ1n) is 10.1. The van der Waals surface area contributed by atoms with Gasteiger partial charge in [0.15, 0.2) is 9.84 Å². The molecule has 2 aromatic heterocycles. The standard InChI is InChI=1S/C22H20ClN3O5S3/c1-33(28,29)19-5-3-2-4-17(19)15-6-9-21(24-14-15)26-12-10-18(22(26)27)25-34(30,31)13-11-16-7-8-20(23)32-16/h2-10,14,25H,11-13H2,1H3. The number of hydrogen-bond acceptors (Lipinski definition) is 7. The minimum atomic E-state index is -3.73. The number of nitrogens with zero attached hydrogens (tertiary/aromatic N) is 2. The summed E-state index contributed by atoms with van der Waals surface area (Å²) in [6, 6.07) is 13.3. The predicted molar refractivity (Wildman–Crippen MR) is 133 cm³/mol. The topological polar surface area (TPSA) is 114 Å². The van der Waals surface area contributed by atoms with Gasteiger partial charge < -0.3 is 0 Å². The molecule has 1 aliphatic heterocycles. The Hall–Kier alpha value is -2.73. The summed E-state index contributed by atoms with van der Waals surface area (Å²) in [4.78, 5) is 19.5. The summed E-state index contributed by atoms with van der Waals surface area (Å²) >= 11 is 7.19. The Morgan fingerprint density at radius 2 is 1.85 bits per heavy atom. The second-order valence-corrected chi connectivity index (χ2v) is 13.2. The summed E-state index contributed by atoms with van der Waals surface area (Å²) in [5.74, 6) is -0.370. The Morgan fingerprint density at radius 3 is 2.50 bits per heavy atom. The number of sulfonamides is 1. The molecule has 34 heavy (non-hydrogen) atoms. The lowest BCUT2D eigenvalue weighted by molar-refractivity contribution is -0.114. The molecular weight excluding hydrogens is 518 g/mol. The van der Waals surface area contributed by atoms with Crippen LogP contribution in [0, 0.1) is 0 Å². The van der Waals surface area contributed by atoms with E-state index >= 15 is 0 Å². The molecule has 0 radical (unpaired) electrons. The highest BCUT2D eigenvalue weighted by molar-refractivity contribution is 7.91. The second-order valence-electron chi connectivity index (χ2n) is 7.58. The molecule has 0 aliphatic carbocycles. The van der Waals surface area contributed by atoms with Gasteiger partial charge in [-0.1, -0.05) is 29.8 Å². The molecule has 8 nitrogen and oxygen atoms in total. The van der Waals surface area contributed by atoms with E-state index in [2.05, 4.69) is 9.71 Å². The van der Waals surface area contributed by atoms with Crippen LogP contribution in [0.1, 0.15) is 4.88 Å². The zero-order chi connectivity index (χ0) is 24.5. The van der Waals surface area contributed by atoms with Crippen molar-refractivity contribution in [3.8, 4) is 11.1 Å². The molecule has 0 saturated carbocycles. The first-order valence-corrected chi connectivity index (χ1v) is 14.8. The van der Waals surface area contributed by atoms with Crippen molar-refractivity contribution in [3.05, 3.63) is 75.7 Å². The largest absolute Gasteiger partial charge is 0.287 e. The zero-order valence-corrected chi connectivity index (χ0v) is 21.1. The van der Waals surface area contributed by atoms with Crippen molar-refractivity contribution in [3.63, 3.8) is 0 Å². The number of aromatic nitrogens is 1. The smallest absolute Gasteiger partial charge is 0.276 e. The van der Waals surface area contributed by atoms with Crippen LogP contribution in [-0.2, 0) is 31.1 Å². The third kappa shape index (κ3) is 5.49. The van der Waals surface area contributed by atoms with Crippen LogP contribution in [0.4, 0.5) is 5.82 Å². The number of halogens is 1. The summed E-state index contributed by atoms with van der Waals surface area (Å²) in [6.07, 6.45) is 4.41. The number of nitrogens with one attached hydrogen (secondary N) is 1. The predicted octanol–water partition coefficient (Wildman–Crippen LogP) is 3.26. The fourth-order valence-corrected chi connectivity index (χ4v) is 6.68. The summed E-state index contributed by atoms with van der Waals surface area (Å²) < 4.78 is 52.0. The molecule has 1 aliphatic rings. The lowest BCUT2D eigenvalue weighted by atomic mass is 10.1. The van der Waals surface area contributed by atoms with E-state index < -0.39 is 25.8 Å². The maximum Gasteiger partial charge on any atom is 0.276 e. The molecule has 0 atom stereocenters. The molecule has 0 unspecified atom stereocenters. The van der Waals surface area contributed by atoms with Gasteiger partial charge >= 0.3 is 0 Å². The van der Waals surface area contributed by atoms with Gasteiger partial charge in [-0.2, -0.15) is 0 Å². The quantitative estimate of drug-likeness (QED) is 0.472. The summed E-state index contributed by atoms with van der Waals surface area (Å²) in [7, 11) is -7.17. The van der Waals surface area contributed by atoms with E-state index in [4.69, 9.17) is 11.6 Å². The van der Waals surface area contributed by atoms with Crippen molar-refractivity contribution >= 4 is 54.5 Å². The van der Waals surface area contributed by atoms with Crippen LogP contribution in [0.15, 0.2) is 71.4 Å². The lowest BCUT2D eigenvalue weighted by Gasteiger charge is -2.16. The molecule has 3 heterocycles. The monoisotopic (exact) mass is 537 g/mol. The highest BCUT2D eigenvalue weighted by Gasteiger charge is 2.29. The SMILES string of the molecule is CS(=O)(=O)c1ccccc1-c1ccc(N2CC=C(NS(=O)(=O)CCc3ccc(Cl)s3)C2=O)nc1.